The molecule has 0 saturated carbocycles. The maximum atomic E-state index is 13.9. The van der Waals surface area contributed by atoms with Crippen LogP contribution in [0.1, 0.15) is 86.3 Å². The highest BCUT2D eigenvalue weighted by Crippen LogP contribution is 2.48. The van der Waals surface area contributed by atoms with Gasteiger partial charge in [0.1, 0.15) is 18.6 Å². The van der Waals surface area contributed by atoms with E-state index in [4.69, 9.17) is 19.3 Å². The van der Waals surface area contributed by atoms with Gasteiger partial charge in [-0.25, -0.2) is 0 Å². The van der Waals surface area contributed by atoms with Crippen LogP contribution in [-0.4, -0.2) is 88.5 Å². The topological polar surface area (TPSA) is 100 Å². The van der Waals surface area contributed by atoms with Gasteiger partial charge in [0.05, 0.1) is 30.4 Å². The molecule has 0 bridgehead atoms. The minimum absolute atomic E-state index is 0.000373. The molecule has 2 aliphatic rings. The van der Waals surface area contributed by atoms with Crippen LogP contribution in [-0.2, 0) is 30.5 Å². The van der Waals surface area contributed by atoms with Crippen LogP contribution in [0.25, 0.3) is 6.08 Å². The molecule has 0 amide bonds. The van der Waals surface area contributed by atoms with Gasteiger partial charge in [0.25, 0.3) is 0 Å². The molecular weight excluding hydrogens is 635 g/mol. The molecular formula is C38H63N5O5Si. The van der Waals surface area contributed by atoms with Crippen molar-refractivity contribution in [3.8, 4) is 0 Å². The number of hydrogen-bond acceptors (Lipinski definition) is 8. The Labute approximate surface area is 295 Å². The number of fused-ring (bicyclic) bond motifs is 1. The zero-order valence-corrected chi connectivity index (χ0v) is 33.1. The first-order chi connectivity index (χ1) is 23.0. The maximum absolute atomic E-state index is 13.9. The first kappa shape index (κ1) is 39.2. The number of ketones is 1. The third-order valence-electron chi connectivity index (χ3n) is 11.5. The Kier molecular flexibility index (Phi) is 12.9. The summed E-state index contributed by atoms with van der Waals surface area (Å²) in [5.74, 6) is 0.220. The zero-order chi connectivity index (χ0) is 36.1. The quantitative estimate of drug-likeness (QED) is 0.112. The van der Waals surface area contributed by atoms with Crippen molar-refractivity contribution in [2.75, 3.05) is 20.4 Å². The van der Waals surface area contributed by atoms with Crippen LogP contribution in [0.4, 0.5) is 0 Å². The van der Waals surface area contributed by atoms with Crippen molar-refractivity contribution in [2.45, 2.75) is 137 Å². The van der Waals surface area contributed by atoms with Crippen LogP contribution in [0.2, 0.25) is 25.7 Å². The lowest BCUT2D eigenvalue weighted by Crippen LogP contribution is -2.45. The van der Waals surface area contributed by atoms with Gasteiger partial charge in [0, 0.05) is 64.3 Å². The van der Waals surface area contributed by atoms with Crippen LogP contribution in [0.3, 0.4) is 0 Å². The molecule has 2 aliphatic heterocycles. The largest absolute Gasteiger partial charge is 0.458 e. The number of ether oxygens (including phenoxy) is 3. The van der Waals surface area contributed by atoms with Crippen LogP contribution in [0.15, 0.2) is 36.3 Å². The SMILES string of the molecule is CO[C@H]1CC(=O)O[C@H](/C(C)=C/c2ccn(Cn3cccn3)n2)C[C@@H]2N(COCC[Si](C)(C)C)[C@]2(C)CCC[C@H](C)[C@H](C)[C@@H](C)C(=O)C1(C)C. The van der Waals surface area contributed by atoms with Gasteiger partial charge in [0.2, 0.25) is 0 Å². The van der Waals surface area contributed by atoms with E-state index in [1.807, 2.05) is 67.7 Å². The minimum atomic E-state index is -1.21. The molecule has 0 aromatic carbocycles. The number of hydrogen-bond donors (Lipinski definition) is 0. The second-order valence-electron chi connectivity index (χ2n) is 16.8. The van der Waals surface area contributed by atoms with Crippen molar-refractivity contribution in [1.29, 1.82) is 0 Å². The molecule has 1 unspecified atom stereocenters. The van der Waals surface area contributed by atoms with E-state index >= 15 is 0 Å². The predicted octanol–water partition coefficient (Wildman–Crippen LogP) is 7.14. The van der Waals surface area contributed by atoms with Crippen LogP contribution in [0, 0.1) is 23.2 Å². The molecule has 8 atom stereocenters. The van der Waals surface area contributed by atoms with Crippen LogP contribution in [0.5, 0.6) is 0 Å². The number of methoxy groups -OCH3 is 1. The van der Waals surface area contributed by atoms with Gasteiger partial charge >= 0.3 is 5.97 Å². The van der Waals surface area contributed by atoms with Crippen molar-refractivity contribution < 1.29 is 23.8 Å². The second kappa shape index (κ2) is 16.2. The third-order valence-corrected chi connectivity index (χ3v) is 13.2. The standard InChI is InChI=1S/C38H63N5O5Si/c1-27-14-12-16-38(7)33(43(38)26-47-20-21-49(9,10)11)23-32(28(2)22-31-15-19-42(40-31)25-41-18-13-17-39-41)48-35(44)24-34(46-8)37(5,6)36(45)30(4)29(27)3/h13,15,17-19,22,27,29-30,32-34H,12,14,16,20-21,23-26H2,1-11H3/b28-22+/t27-,29-,30+,32-,33-,34-,38+,43?/m0/s1. The van der Waals surface area contributed by atoms with E-state index in [2.05, 4.69) is 50.4 Å². The Morgan fingerprint density at radius 3 is 2.51 bits per heavy atom. The second-order valence-corrected chi connectivity index (χ2v) is 22.4. The smallest absolute Gasteiger partial charge is 0.309 e. The highest BCUT2D eigenvalue weighted by molar-refractivity contribution is 6.76. The monoisotopic (exact) mass is 697 g/mol. The van der Waals surface area contributed by atoms with Crippen molar-refractivity contribution in [3.63, 3.8) is 0 Å². The minimum Gasteiger partial charge on any atom is -0.458 e. The fourth-order valence-corrected chi connectivity index (χ4v) is 8.24. The molecule has 2 aromatic heterocycles. The number of Topliss-reactive ketones (excluding diaryl/α,β-unsaturated/α-hetero) is 1. The van der Waals surface area contributed by atoms with Gasteiger partial charge in [-0.2, -0.15) is 10.2 Å². The van der Waals surface area contributed by atoms with E-state index in [0.29, 0.717) is 25.7 Å². The maximum Gasteiger partial charge on any atom is 0.309 e. The van der Waals surface area contributed by atoms with E-state index in [9.17, 15) is 9.59 Å². The Morgan fingerprint density at radius 2 is 1.86 bits per heavy atom. The normalized spacial score (nSPS) is 32.1. The summed E-state index contributed by atoms with van der Waals surface area (Å²) >= 11 is 0. The lowest BCUT2D eigenvalue weighted by Gasteiger charge is -2.36. The molecule has 49 heavy (non-hydrogen) atoms. The van der Waals surface area contributed by atoms with E-state index in [-0.39, 0.29) is 41.6 Å². The summed E-state index contributed by atoms with van der Waals surface area (Å²) in [4.78, 5) is 30.2. The van der Waals surface area contributed by atoms with E-state index in [0.717, 1.165) is 43.2 Å². The highest BCUT2D eigenvalue weighted by atomic mass is 28.3. The van der Waals surface area contributed by atoms with Crippen molar-refractivity contribution >= 4 is 25.9 Å². The van der Waals surface area contributed by atoms with Gasteiger partial charge in [0.15, 0.2) is 0 Å². The summed E-state index contributed by atoms with van der Waals surface area (Å²) < 4.78 is 22.2. The van der Waals surface area contributed by atoms with Crippen LogP contribution < -0.4 is 0 Å². The van der Waals surface area contributed by atoms with Gasteiger partial charge < -0.3 is 14.2 Å². The molecule has 0 N–H and O–H groups in total. The number of esters is 1. The predicted molar refractivity (Wildman–Crippen MR) is 197 cm³/mol. The summed E-state index contributed by atoms with van der Waals surface area (Å²) in [5.41, 5.74) is 0.803. The lowest BCUT2D eigenvalue weighted by molar-refractivity contribution is -0.155. The molecule has 274 valence electrons. The summed E-state index contributed by atoms with van der Waals surface area (Å²) in [6, 6.07) is 5.18. The number of carbonyl (C=O) groups is 2. The fraction of sp³-hybridized carbons (Fsp3) is 0.737. The molecule has 2 aromatic rings. The van der Waals surface area contributed by atoms with Crippen LogP contribution >= 0.6 is 0 Å². The first-order valence-corrected chi connectivity index (χ1v) is 22.0. The number of cyclic esters (lactones) is 1. The molecule has 2 fully saturated rings. The molecule has 11 heteroatoms. The molecule has 0 spiro atoms. The summed E-state index contributed by atoms with van der Waals surface area (Å²) in [6.45, 7) is 23.7. The van der Waals surface area contributed by atoms with Gasteiger partial charge in [-0.3, -0.25) is 23.9 Å². The highest BCUT2D eigenvalue weighted by Gasteiger charge is 2.59. The third kappa shape index (κ3) is 10.0. The molecule has 0 aliphatic carbocycles. The average molecular weight is 698 g/mol. The van der Waals surface area contributed by atoms with Gasteiger partial charge in [-0.15, -0.1) is 0 Å². The Hall–Kier alpha value is -2.60. The number of nitrogens with zero attached hydrogens (tertiary/aromatic N) is 5. The van der Waals surface area contributed by atoms with Crippen molar-refractivity contribution in [2.24, 2.45) is 23.2 Å². The number of aromatic nitrogens is 4. The summed E-state index contributed by atoms with van der Waals surface area (Å²) in [5, 5.41) is 9.02. The average Bonchev–Trinajstić information content (AvgIpc) is 3.44. The fourth-order valence-electron chi connectivity index (χ4n) is 7.48. The molecule has 0 radical (unpaired) electrons. The zero-order valence-electron chi connectivity index (χ0n) is 32.1. The molecule has 4 heterocycles. The Morgan fingerprint density at radius 1 is 1.12 bits per heavy atom. The van der Waals surface area contributed by atoms with E-state index < -0.39 is 25.7 Å². The van der Waals surface area contributed by atoms with Gasteiger partial charge in [-0.05, 0) is 61.9 Å². The summed E-state index contributed by atoms with van der Waals surface area (Å²) in [7, 11) is 0.372. The molecule has 2 saturated heterocycles. The Balaban J connectivity index is 1.62. The molecule has 10 nitrogen and oxygen atoms in total. The first-order valence-electron chi connectivity index (χ1n) is 18.3. The Bertz CT molecular complexity index is 1420. The van der Waals surface area contributed by atoms with E-state index in [1.54, 1.807) is 13.3 Å². The number of carbonyl (C=O) groups excluding carboxylic acids is 2. The number of rotatable bonds is 10. The van der Waals surface area contributed by atoms with Crippen molar-refractivity contribution in [1.82, 2.24) is 24.5 Å². The van der Waals surface area contributed by atoms with E-state index in [1.165, 1.54) is 0 Å². The summed E-state index contributed by atoms with van der Waals surface area (Å²) in [6.07, 6.45) is 10.3. The van der Waals surface area contributed by atoms with Gasteiger partial charge in [-0.1, -0.05) is 67.1 Å². The molecule has 4 rings (SSSR count). The van der Waals surface area contributed by atoms with Crippen molar-refractivity contribution in [3.05, 3.63) is 42.0 Å². The lowest BCUT2D eigenvalue weighted by atomic mass is 9.70.